The molecule has 2 unspecified atom stereocenters. The second-order valence-corrected chi connectivity index (χ2v) is 8.64. The number of carbonyl (C=O) groups is 1. The average Bonchev–Trinajstić information content (AvgIpc) is 2.66. The molecule has 2 heterocycles. The van der Waals surface area contributed by atoms with Crippen LogP contribution in [0.2, 0.25) is 0 Å². The van der Waals surface area contributed by atoms with Crippen molar-refractivity contribution in [1.29, 1.82) is 0 Å². The highest BCUT2D eigenvalue weighted by Gasteiger charge is 2.49. The van der Waals surface area contributed by atoms with Crippen molar-refractivity contribution in [1.82, 2.24) is 0 Å². The molecule has 8 heteroatoms. The first-order valence-corrected chi connectivity index (χ1v) is 8.85. The Morgan fingerprint density at radius 3 is 2.17 bits per heavy atom. The maximum Gasteiger partial charge on any atom is 0.417 e. The fourth-order valence-electron chi connectivity index (χ4n) is 3.61. The quantitative estimate of drug-likeness (QED) is 0.607. The van der Waals surface area contributed by atoms with E-state index in [1.807, 2.05) is 0 Å². The zero-order chi connectivity index (χ0) is 17.0. The van der Waals surface area contributed by atoms with E-state index in [0.717, 1.165) is 12.1 Å². The molecule has 2 aliphatic rings. The Labute approximate surface area is 130 Å². The topological polar surface area (TPSA) is 51.2 Å². The Bertz CT molecular complexity index is 734. The van der Waals surface area contributed by atoms with Gasteiger partial charge in [-0.2, -0.15) is 13.2 Å². The highest BCUT2D eigenvalue weighted by atomic mass is 32.2. The first kappa shape index (κ1) is 16.4. The van der Waals surface area contributed by atoms with Crippen molar-refractivity contribution in [2.24, 2.45) is 5.92 Å². The fourth-order valence-corrected chi connectivity index (χ4v) is 6.08. The van der Waals surface area contributed by atoms with E-state index in [1.54, 1.807) is 0 Å². The molecule has 2 fully saturated rings. The summed E-state index contributed by atoms with van der Waals surface area (Å²) in [4.78, 5) is 12.5. The molecule has 1 aromatic rings. The number of sulfone groups is 1. The van der Waals surface area contributed by atoms with Gasteiger partial charge in [-0.15, -0.1) is 0 Å². The Balaban J connectivity index is 1.94. The van der Waals surface area contributed by atoms with Crippen LogP contribution in [0.4, 0.5) is 17.6 Å². The Kier molecular flexibility index (Phi) is 3.78. The van der Waals surface area contributed by atoms with Crippen molar-refractivity contribution in [3.05, 3.63) is 35.1 Å². The van der Waals surface area contributed by atoms with Gasteiger partial charge >= 0.3 is 6.18 Å². The molecule has 0 amide bonds. The molecule has 0 spiro atoms. The Hall–Kier alpha value is -1.44. The molecule has 1 aromatic carbocycles. The minimum atomic E-state index is -4.84. The summed E-state index contributed by atoms with van der Waals surface area (Å²) in [6.45, 7) is 0. The Morgan fingerprint density at radius 1 is 1.09 bits per heavy atom. The average molecular weight is 350 g/mol. The molecule has 0 radical (unpaired) electrons. The number of Topliss-reactive ketones (excluding diaryl/α,β-unsaturated/α-hetero) is 1. The zero-order valence-electron chi connectivity index (χ0n) is 11.9. The number of alkyl halides is 3. The molecule has 2 saturated heterocycles. The second-order valence-electron chi connectivity index (χ2n) is 6.13. The van der Waals surface area contributed by atoms with E-state index in [4.69, 9.17) is 0 Å². The normalized spacial score (nSPS) is 29.5. The van der Waals surface area contributed by atoms with E-state index in [1.165, 1.54) is 0 Å². The number of halogens is 4. The SMILES string of the molecule is O=C(c1ccc(F)cc1C(F)(F)F)C1CC2CCC(C1)S2(=O)=O. The van der Waals surface area contributed by atoms with Crippen molar-refractivity contribution < 1.29 is 30.8 Å². The molecule has 23 heavy (non-hydrogen) atoms. The molecular formula is C15H14F4O3S. The predicted molar refractivity (Wildman–Crippen MR) is 74.2 cm³/mol. The maximum absolute atomic E-state index is 13.1. The maximum atomic E-state index is 13.1. The van der Waals surface area contributed by atoms with Crippen LogP contribution in [-0.2, 0) is 16.0 Å². The zero-order valence-corrected chi connectivity index (χ0v) is 12.8. The lowest BCUT2D eigenvalue weighted by Gasteiger charge is -2.27. The van der Waals surface area contributed by atoms with Crippen LogP contribution in [0.5, 0.6) is 0 Å². The summed E-state index contributed by atoms with van der Waals surface area (Å²) < 4.78 is 76.2. The van der Waals surface area contributed by atoms with Gasteiger partial charge < -0.3 is 0 Å². The first-order chi connectivity index (χ1) is 10.6. The first-order valence-electron chi connectivity index (χ1n) is 7.24. The summed E-state index contributed by atoms with van der Waals surface area (Å²) in [5, 5.41) is -1.30. The molecular weight excluding hydrogens is 336 g/mol. The minimum absolute atomic E-state index is 0.0480. The monoisotopic (exact) mass is 350 g/mol. The van der Waals surface area contributed by atoms with Crippen molar-refractivity contribution in [2.75, 3.05) is 0 Å². The van der Waals surface area contributed by atoms with E-state index in [0.29, 0.717) is 18.9 Å². The minimum Gasteiger partial charge on any atom is -0.294 e. The predicted octanol–water partition coefficient (Wildman–Crippen LogP) is 3.38. The summed E-state index contributed by atoms with van der Waals surface area (Å²) in [5.41, 5.74) is -1.88. The number of benzene rings is 1. The third-order valence-electron chi connectivity index (χ3n) is 4.76. The molecule has 3 rings (SSSR count). The van der Waals surface area contributed by atoms with Crippen LogP contribution in [0.15, 0.2) is 18.2 Å². The lowest BCUT2D eigenvalue weighted by atomic mass is 9.88. The van der Waals surface area contributed by atoms with Crippen molar-refractivity contribution >= 4 is 15.6 Å². The van der Waals surface area contributed by atoms with Gasteiger partial charge in [0.2, 0.25) is 0 Å². The molecule has 0 aliphatic carbocycles. The number of ketones is 1. The van der Waals surface area contributed by atoms with Gasteiger partial charge in [-0.3, -0.25) is 4.79 Å². The number of fused-ring (bicyclic) bond motifs is 2. The van der Waals surface area contributed by atoms with Gasteiger partial charge in [0.05, 0.1) is 16.1 Å². The van der Waals surface area contributed by atoms with Gasteiger partial charge in [-0.25, -0.2) is 12.8 Å². The fraction of sp³-hybridized carbons (Fsp3) is 0.533. The summed E-state index contributed by atoms with van der Waals surface area (Å²) >= 11 is 0. The van der Waals surface area contributed by atoms with Crippen LogP contribution >= 0.6 is 0 Å². The molecule has 0 N–H and O–H groups in total. The molecule has 126 valence electrons. The Morgan fingerprint density at radius 2 is 1.65 bits per heavy atom. The van der Waals surface area contributed by atoms with Crippen LogP contribution in [0.3, 0.4) is 0 Å². The van der Waals surface area contributed by atoms with E-state index in [-0.39, 0.29) is 12.8 Å². The van der Waals surface area contributed by atoms with Gasteiger partial charge in [-0.1, -0.05) is 0 Å². The number of carbonyl (C=O) groups excluding carboxylic acids is 1. The second kappa shape index (κ2) is 5.29. The molecule has 0 saturated carbocycles. The van der Waals surface area contributed by atoms with E-state index >= 15 is 0 Å². The molecule has 0 aromatic heterocycles. The lowest BCUT2D eigenvalue weighted by molar-refractivity contribution is -0.138. The van der Waals surface area contributed by atoms with Crippen molar-refractivity contribution in [3.8, 4) is 0 Å². The summed E-state index contributed by atoms with van der Waals surface area (Å²) in [6.07, 6.45) is -3.84. The van der Waals surface area contributed by atoms with E-state index < -0.39 is 55.2 Å². The highest BCUT2D eigenvalue weighted by molar-refractivity contribution is 7.93. The molecule has 2 aliphatic heterocycles. The summed E-state index contributed by atoms with van der Waals surface area (Å²) in [7, 11) is -3.26. The smallest absolute Gasteiger partial charge is 0.294 e. The summed E-state index contributed by atoms with van der Waals surface area (Å²) in [6, 6.07) is 1.96. The van der Waals surface area contributed by atoms with Gasteiger partial charge in [0, 0.05) is 11.5 Å². The number of rotatable bonds is 2. The van der Waals surface area contributed by atoms with Crippen LogP contribution in [0.1, 0.15) is 41.6 Å². The molecule has 2 atom stereocenters. The number of hydrogen-bond acceptors (Lipinski definition) is 3. The summed E-state index contributed by atoms with van der Waals surface area (Å²) in [5.74, 6) is -2.58. The van der Waals surface area contributed by atoms with Gasteiger partial charge in [0.15, 0.2) is 15.6 Å². The molecule has 3 nitrogen and oxygen atoms in total. The highest BCUT2D eigenvalue weighted by Crippen LogP contribution is 2.43. The molecule has 2 bridgehead atoms. The largest absolute Gasteiger partial charge is 0.417 e. The van der Waals surface area contributed by atoms with Gasteiger partial charge in [-0.05, 0) is 43.9 Å². The third kappa shape index (κ3) is 2.77. The van der Waals surface area contributed by atoms with Crippen LogP contribution in [-0.4, -0.2) is 24.7 Å². The third-order valence-corrected chi connectivity index (χ3v) is 7.47. The van der Waals surface area contributed by atoms with Crippen LogP contribution in [0, 0.1) is 11.7 Å². The van der Waals surface area contributed by atoms with E-state index in [9.17, 15) is 30.8 Å². The number of hydrogen-bond donors (Lipinski definition) is 0. The van der Waals surface area contributed by atoms with Crippen molar-refractivity contribution in [3.63, 3.8) is 0 Å². The van der Waals surface area contributed by atoms with Crippen molar-refractivity contribution in [2.45, 2.75) is 42.4 Å². The van der Waals surface area contributed by atoms with E-state index in [2.05, 4.69) is 0 Å². The van der Waals surface area contributed by atoms with Crippen LogP contribution < -0.4 is 0 Å². The standard InChI is InChI=1S/C15H14F4O3S/c16-9-1-4-12(13(7-9)15(17,18)19)14(20)8-5-10-2-3-11(6-8)23(10,21)22/h1,4,7-8,10-11H,2-3,5-6H2. The lowest BCUT2D eigenvalue weighted by Crippen LogP contribution is -2.36. The van der Waals surface area contributed by atoms with Gasteiger partial charge in [0.25, 0.3) is 0 Å². The van der Waals surface area contributed by atoms with Crippen LogP contribution in [0.25, 0.3) is 0 Å². The van der Waals surface area contributed by atoms with Gasteiger partial charge in [0.1, 0.15) is 5.82 Å².